The second-order valence-electron chi connectivity index (χ2n) is 5.09. The van der Waals surface area contributed by atoms with Crippen LogP contribution in [0.5, 0.6) is 0 Å². The maximum absolute atomic E-state index is 6.05. The van der Waals surface area contributed by atoms with Gasteiger partial charge in [-0.15, -0.1) is 0 Å². The highest BCUT2D eigenvalue weighted by Crippen LogP contribution is 2.18. The van der Waals surface area contributed by atoms with Crippen molar-refractivity contribution in [2.75, 3.05) is 0 Å². The van der Waals surface area contributed by atoms with Gasteiger partial charge in [-0.1, -0.05) is 66.7 Å². The molecule has 2 aromatic rings. The fourth-order valence-corrected chi connectivity index (χ4v) is 1.78. The number of rotatable bonds is 3. The summed E-state index contributed by atoms with van der Waals surface area (Å²) in [5.41, 5.74) is 9.33. The van der Waals surface area contributed by atoms with E-state index in [1.807, 2.05) is 32.0 Å². The average molecular weight is 237 g/mol. The Kier molecular flexibility index (Phi) is 3.63. The topological polar surface area (TPSA) is 26.0 Å². The minimum absolute atomic E-state index is 0.276. The lowest BCUT2D eigenvalue weighted by atomic mass is 9.95. The SMILES string of the molecule is CC(C)(N)c1ccc(/C=C/c2ccccc2)cc1. The average Bonchev–Trinajstić information content (AvgIpc) is 2.37. The van der Waals surface area contributed by atoms with E-state index in [0.717, 1.165) is 5.56 Å². The Morgan fingerprint density at radius 3 is 1.78 bits per heavy atom. The van der Waals surface area contributed by atoms with Gasteiger partial charge in [-0.3, -0.25) is 0 Å². The number of benzene rings is 2. The summed E-state index contributed by atoms with van der Waals surface area (Å²) in [5, 5.41) is 0. The number of hydrogen-bond donors (Lipinski definition) is 1. The van der Waals surface area contributed by atoms with E-state index in [1.54, 1.807) is 0 Å². The maximum atomic E-state index is 6.05. The molecule has 0 aliphatic carbocycles. The monoisotopic (exact) mass is 237 g/mol. The van der Waals surface area contributed by atoms with Gasteiger partial charge >= 0.3 is 0 Å². The van der Waals surface area contributed by atoms with Crippen molar-refractivity contribution in [3.05, 3.63) is 71.3 Å². The molecule has 1 heteroatoms. The van der Waals surface area contributed by atoms with Crippen LogP contribution >= 0.6 is 0 Å². The summed E-state index contributed by atoms with van der Waals surface area (Å²) in [7, 11) is 0. The molecule has 92 valence electrons. The van der Waals surface area contributed by atoms with Gasteiger partial charge < -0.3 is 5.73 Å². The van der Waals surface area contributed by atoms with E-state index in [-0.39, 0.29) is 5.54 Å². The molecule has 0 aromatic heterocycles. The molecule has 0 fully saturated rings. The molecule has 0 atom stereocenters. The summed E-state index contributed by atoms with van der Waals surface area (Å²) in [6.45, 7) is 4.03. The zero-order valence-corrected chi connectivity index (χ0v) is 10.9. The summed E-state index contributed by atoms with van der Waals surface area (Å²) >= 11 is 0. The quantitative estimate of drug-likeness (QED) is 0.801. The van der Waals surface area contributed by atoms with Gasteiger partial charge in [0.25, 0.3) is 0 Å². The Morgan fingerprint density at radius 2 is 1.28 bits per heavy atom. The molecule has 0 radical (unpaired) electrons. The molecule has 2 aromatic carbocycles. The van der Waals surface area contributed by atoms with Crippen molar-refractivity contribution in [3.63, 3.8) is 0 Å². The Hall–Kier alpha value is -1.86. The predicted octanol–water partition coefficient (Wildman–Crippen LogP) is 4.05. The molecule has 2 N–H and O–H groups in total. The smallest absolute Gasteiger partial charge is 0.0352 e. The van der Waals surface area contributed by atoms with Gasteiger partial charge in [-0.2, -0.15) is 0 Å². The highest BCUT2D eigenvalue weighted by atomic mass is 14.7. The first-order valence-electron chi connectivity index (χ1n) is 6.18. The van der Waals surface area contributed by atoms with Crippen molar-refractivity contribution < 1.29 is 0 Å². The van der Waals surface area contributed by atoms with Crippen molar-refractivity contribution in [3.8, 4) is 0 Å². The Balaban J connectivity index is 2.14. The summed E-state index contributed by atoms with van der Waals surface area (Å²) in [6.07, 6.45) is 4.23. The Morgan fingerprint density at radius 1 is 0.778 bits per heavy atom. The van der Waals surface area contributed by atoms with E-state index in [4.69, 9.17) is 5.73 Å². The largest absolute Gasteiger partial charge is 0.322 e. The van der Waals surface area contributed by atoms with Gasteiger partial charge in [0.2, 0.25) is 0 Å². The standard InChI is InChI=1S/C17H19N/c1-17(2,18)16-12-10-15(11-13-16)9-8-14-6-4-3-5-7-14/h3-13H,18H2,1-2H3/b9-8+. The van der Waals surface area contributed by atoms with E-state index >= 15 is 0 Å². The van der Waals surface area contributed by atoms with Crippen LogP contribution in [0, 0.1) is 0 Å². The predicted molar refractivity (Wildman–Crippen MR) is 79.0 cm³/mol. The van der Waals surface area contributed by atoms with Crippen LogP contribution in [0.25, 0.3) is 12.2 Å². The van der Waals surface area contributed by atoms with Gasteiger partial charge in [0.1, 0.15) is 0 Å². The summed E-state index contributed by atoms with van der Waals surface area (Å²) in [5.74, 6) is 0. The first-order chi connectivity index (χ1) is 8.55. The molecule has 0 saturated carbocycles. The second-order valence-corrected chi connectivity index (χ2v) is 5.09. The van der Waals surface area contributed by atoms with Crippen LogP contribution in [0.1, 0.15) is 30.5 Å². The van der Waals surface area contributed by atoms with Crippen molar-refractivity contribution in [1.82, 2.24) is 0 Å². The Bertz CT molecular complexity index is 516. The van der Waals surface area contributed by atoms with Gasteiger partial charge in [-0.05, 0) is 30.5 Å². The van der Waals surface area contributed by atoms with E-state index in [9.17, 15) is 0 Å². The molecule has 0 aliphatic rings. The van der Waals surface area contributed by atoms with Crippen LogP contribution in [0.3, 0.4) is 0 Å². The van der Waals surface area contributed by atoms with E-state index in [0.29, 0.717) is 0 Å². The fourth-order valence-electron chi connectivity index (χ4n) is 1.78. The highest BCUT2D eigenvalue weighted by molar-refractivity contribution is 5.69. The van der Waals surface area contributed by atoms with E-state index in [2.05, 4.69) is 48.6 Å². The van der Waals surface area contributed by atoms with Gasteiger partial charge in [0, 0.05) is 5.54 Å². The van der Waals surface area contributed by atoms with Gasteiger partial charge in [0.15, 0.2) is 0 Å². The molecular weight excluding hydrogens is 218 g/mol. The zero-order chi connectivity index (χ0) is 13.0. The van der Waals surface area contributed by atoms with Crippen LogP contribution in [-0.4, -0.2) is 0 Å². The third-order valence-electron chi connectivity index (χ3n) is 2.92. The summed E-state index contributed by atoms with van der Waals surface area (Å²) in [6, 6.07) is 18.7. The molecule has 0 bridgehead atoms. The molecule has 0 amide bonds. The van der Waals surface area contributed by atoms with Crippen LogP contribution in [0.15, 0.2) is 54.6 Å². The lowest BCUT2D eigenvalue weighted by Gasteiger charge is -2.18. The molecule has 2 rings (SSSR count). The first-order valence-corrected chi connectivity index (χ1v) is 6.18. The minimum atomic E-state index is -0.276. The van der Waals surface area contributed by atoms with E-state index < -0.39 is 0 Å². The van der Waals surface area contributed by atoms with Crippen LogP contribution < -0.4 is 5.73 Å². The molecule has 0 aliphatic heterocycles. The van der Waals surface area contributed by atoms with Crippen LogP contribution in [-0.2, 0) is 5.54 Å². The molecule has 1 nitrogen and oxygen atoms in total. The lowest BCUT2D eigenvalue weighted by molar-refractivity contribution is 0.554. The van der Waals surface area contributed by atoms with Crippen molar-refractivity contribution in [2.45, 2.75) is 19.4 Å². The van der Waals surface area contributed by atoms with Crippen molar-refractivity contribution in [1.29, 1.82) is 0 Å². The molecule has 0 heterocycles. The first kappa shape index (κ1) is 12.6. The number of nitrogens with two attached hydrogens (primary N) is 1. The fraction of sp³-hybridized carbons (Fsp3) is 0.176. The molecule has 0 spiro atoms. The third-order valence-corrected chi connectivity index (χ3v) is 2.92. The van der Waals surface area contributed by atoms with Crippen LogP contribution in [0.4, 0.5) is 0 Å². The summed E-state index contributed by atoms with van der Waals surface area (Å²) in [4.78, 5) is 0. The maximum Gasteiger partial charge on any atom is 0.0352 e. The lowest BCUT2D eigenvalue weighted by Crippen LogP contribution is -2.28. The van der Waals surface area contributed by atoms with Crippen molar-refractivity contribution >= 4 is 12.2 Å². The summed E-state index contributed by atoms with van der Waals surface area (Å²) < 4.78 is 0. The highest BCUT2D eigenvalue weighted by Gasteiger charge is 2.12. The van der Waals surface area contributed by atoms with Crippen LogP contribution in [0.2, 0.25) is 0 Å². The Labute approximate surface area is 109 Å². The van der Waals surface area contributed by atoms with Gasteiger partial charge in [-0.25, -0.2) is 0 Å². The molecule has 0 saturated heterocycles. The van der Waals surface area contributed by atoms with Crippen molar-refractivity contribution in [2.24, 2.45) is 5.73 Å². The molecular formula is C17H19N. The molecule has 0 unspecified atom stereocenters. The van der Waals surface area contributed by atoms with E-state index in [1.165, 1.54) is 11.1 Å². The molecule has 18 heavy (non-hydrogen) atoms. The number of hydrogen-bond acceptors (Lipinski definition) is 1. The third kappa shape index (κ3) is 3.31. The second kappa shape index (κ2) is 5.19. The van der Waals surface area contributed by atoms with Gasteiger partial charge in [0.05, 0.1) is 0 Å². The normalized spacial score (nSPS) is 11.9. The minimum Gasteiger partial charge on any atom is -0.322 e. The zero-order valence-electron chi connectivity index (χ0n) is 10.9.